The Kier molecular flexibility index (Phi) is 3.40. The maximum atomic E-state index is 11.8. The summed E-state index contributed by atoms with van der Waals surface area (Å²) in [6.45, 7) is 4.38. The molecule has 4 heteroatoms. The summed E-state index contributed by atoms with van der Waals surface area (Å²) in [5.41, 5.74) is 4.25. The van der Waals surface area contributed by atoms with Crippen LogP contribution in [-0.2, 0) is 11.2 Å². The van der Waals surface area contributed by atoms with Gasteiger partial charge in [0.05, 0.1) is 5.71 Å². The van der Waals surface area contributed by atoms with Gasteiger partial charge in [0.25, 0.3) is 0 Å². The Balaban J connectivity index is 2.18. The van der Waals surface area contributed by atoms with Gasteiger partial charge >= 0.3 is 0 Å². The van der Waals surface area contributed by atoms with Crippen molar-refractivity contribution in [3.8, 4) is 0 Å². The van der Waals surface area contributed by atoms with E-state index in [9.17, 15) is 4.79 Å². The lowest BCUT2D eigenvalue weighted by molar-refractivity contribution is -0.114. The summed E-state index contributed by atoms with van der Waals surface area (Å²) < 4.78 is 0. The van der Waals surface area contributed by atoms with Crippen LogP contribution in [0.2, 0.25) is 0 Å². The zero-order chi connectivity index (χ0) is 14.1. The van der Waals surface area contributed by atoms with Crippen molar-refractivity contribution in [2.45, 2.75) is 20.3 Å². The molecule has 1 amide bonds. The number of nitrogens with zero attached hydrogens (tertiary/aromatic N) is 1. The molecule has 1 aromatic heterocycles. The van der Waals surface area contributed by atoms with Crippen LogP contribution in [-0.4, -0.2) is 18.2 Å². The molecule has 0 spiro atoms. The quantitative estimate of drug-likeness (QED) is 0.902. The summed E-state index contributed by atoms with van der Waals surface area (Å²) >= 11 is 1.64. The van der Waals surface area contributed by atoms with Gasteiger partial charge in [0, 0.05) is 16.0 Å². The van der Waals surface area contributed by atoms with Crippen LogP contribution in [0.3, 0.4) is 0 Å². The van der Waals surface area contributed by atoms with Gasteiger partial charge in [0.1, 0.15) is 11.5 Å². The minimum atomic E-state index is -0.0423. The second-order valence-electron chi connectivity index (χ2n) is 4.84. The zero-order valence-corrected chi connectivity index (χ0v) is 12.4. The van der Waals surface area contributed by atoms with Crippen molar-refractivity contribution in [3.63, 3.8) is 0 Å². The van der Waals surface area contributed by atoms with Crippen molar-refractivity contribution < 1.29 is 4.79 Å². The molecule has 0 unspecified atom stereocenters. The number of nitrogens with one attached hydrogen (secondary N) is 1. The fraction of sp³-hybridized carbons (Fsp3) is 0.250. The summed E-state index contributed by atoms with van der Waals surface area (Å²) in [4.78, 5) is 17.6. The number of carbonyl (C=O) groups is 1. The van der Waals surface area contributed by atoms with Gasteiger partial charge in [-0.1, -0.05) is 31.2 Å². The first-order valence-electron chi connectivity index (χ1n) is 6.72. The van der Waals surface area contributed by atoms with Gasteiger partial charge in [0.15, 0.2) is 0 Å². The van der Waals surface area contributed by atoms with E-state index in [-0.39, 0.29) is 12.5 Å². The van der Waals surface area contributed by atoms with Crippen LogP contribution < -0.4 is 5.32 Å². The van der Waals surface area contributed by atoms with E-state index in [1.54, 1.807) is 11.3 Å². The predicted octanol–water partition coefficient (Wildman–Crippen LogP) is 3.41. The molecule has 2 heterocycles. The summed E-state index contributed by atoms with van der Waals surface area (Å²) in [5.74, 6) is -0.0423. The summed E-state index contributed by atoms with van der Waals surface area (Å²) in [7, 11) is 0. The van der Waals surface area contributed by atoms with Crippen LogP contribution in [0.15, 0.2) is 35.3 Å². The van der Waals surface area contributed by atoms with Crippen molar-refractivity contribution in [1.82, 2.24) is 0 Å². The van der Waals surface area contributed by atoms with Crippen molar-refractivity contribution in [2.75, 3.05) is 11.9 Å². The van der Waals surface area contributed by atoms with Gasteiger partial charge in [-0.05, 0) is 25.0 Å². The average Bonchev–Trinajstić information content (AvgIpc) is 2.77. The number of amides is 1. The first-order valence-corrected chi connectivity index (χ1v) is 7.54. The number of hydrogen-bond donors (Lipinski definition) is 1. The Labute approximate surface area is 122 Å². The summed E-state index contributed by atoms with van der Waals surface area (Å²) in [6, 6.07) is 10.3. The van der Waals surface area contributed by atoms with E-state index in [4.69, 9.17) is 0 Å². The number of thiophene rings is 1. The highest BCUT2D eigenvalue weighted by Crippen LogP contribution is 2.32. The molecule has 1 aliphatic rings. The molecule has 1 aromatic carbocycles. The fourth-order valence-electron chi connectivity index (χ4n) is 2.36. The number of benzene rings is 1. The van der Waals surface area contributed by atoms with Crippen molar-refractivity contribution in [1.29, 1.82) is 0 Å². The Morgan fingerprint density at radius 1 is 1.30 bits per heavy atom. The standard InChI is InChI=1S/C16H16N2OS/c1-3-11-8-13-15(12-7-5-4-6-10(12)2)17-9-14(19)18-16(13)20-11/h4-8H,3,9H2,1-2H3,(H,18,19). The Morgan fingerprint density at radius 3 is 2.85 bits per heavy atom. The van der Waals surface area contributed by atoms with Gasteiger partial charge in [-0.3, -0.25) is 9.79 Å². The molecule has 2 aromatic rings. The largest absolute Gasteiger partial charge is 0.316 e. The van der Waals surface area contributed by atoms with E-state index in [0.29, 0.717) is 0 Å². The molecule has 1 aliphatic heterocycles. The summed E-state index contributed by atoms with van der Waals surface area (Å²) in [5, 5.41) is 3.88. The lowest BCUT2D eigenvalue weighted by Crippen LogP contribution is -2.12. The molecule has 20 heavy (non-hydrogen) atoms. The van der Waals surface area contributed by atoms with E-state index in [1.165, 1.54) is 10.4 Å². The van der Waals surface area contributed by atoms with Crippen LogP contribution in [0.5, 0.6) is 0 Å². The molecule has 0 atom stereocenters. The summed E-state index contributed by atoms with van der Waals surface area (Å²) in [6.07, 6.45) is 0.967. The first kappa shape index (κ1) is 13.1. The van der Waals surface area contributed by atoms with Gasteiger partial charge in [0.2, 0.25) is 5.91 Å². The normalized spacial score (nSPS) is 14.3. The Morgan fingerprint density at radius 2 is 2.10 bits per heavy atom. The Hall–Kier alpha value is -1.94. The molecule has 3 rings (SSSR count). The topological polar surface area (TPSA) is 41.5 Å². The number of rotatable bonds is 2. The number of aryl methyl sites for hydroxylation is 2. The molecule has 0 radical (unpaired) electrons. The molecule has 0 saturated carbocycles. The molecule has 0 aliphatic carbocycles. The van der Waals surface area contributed by atoms with Crippen molar-refractivity contribution in [3.05, 3.63) is 51.9 Å². The maximum absolute atomic E-state index is 11.8. The molecule has 0 bridgehead atoms. The van der Waals surface area contributed by atoms with Crippen LogP contribution in [0.25, 0.3) is 0 Å². The van der Waals surface area contributed by atoms with Gasteiger partial charge in [-0.2, -0.15) is 0 Å². The number of aliphatic imine (C=N–C) groups is 1. The van der Waals surface area contributed by atoms with E-state index >= 15 is 0 Å². The van der Waals surface area contributed by atoms with E-state index in [2.05, 4.69) is 42.4 Å². The lowest BCUT2D eigenvalue weighted by Gasteiger charge is -2.08. The Bertz CT molecular complexity index is 700. The van der Waals surface area contributed by atoms with E-state index < -0.39 is 0 Å². The van der Waals surface area contributed by atoms with Crippen molar-refractivity contribution in [2.24, 2.45) is 4.99 Å². The molecule has 3 nitrogen and oxygen atoms in total. The highest BCUT2D eigenvalue weighted by Gasteiger charge is 2.21. The third-order valence-electron chi connectivity index (χ3n) is 3.42. The molecule has 1 N–H and O–H groups in total. The second-order valence-corrected chi connectivity index (χ2v) is 5.97. The van der Waals surface area contributed by atoms with Crippen LogP contribution >= 0.6 is 11.3 Å². The zero-order valence-electron chi connectivity index (χ0n) is 11.6. The molecular weight excluding hydrogens is 268 g/mol. The SMILES string of the molecule is CCc1cc2c(s1)NC(=O)CN=C2c1ccccc1C. The lowest BCUT2D eigenvalue weighted by atomic mass is 9.99. The monoisotopic (exact) mass is 284 g/mol. The highest BCUT2D eigenvalue weighted by molar-refractivity contribution is 7.16. The van der Waals surface area contributed by atoms with Gasteiger partial charge < -0.3 is 5.32 Å². The molecule has 0 saturated heterocycles. The second kappa shape index (κ2) is 5.21. The molecule has 0 fully saturated rings. The highest BCUT2D eigenvalue weighted by atomic mass is 32.1. The van der Waals surface area contributed by atoms with Crippen LogP contribution in [0, 0.1) is 6.92 Å². The maximum Gasteiger partial charge on any atom is 0.246 e. The number of carbonyl (C=O) groups excluding carboxylic acids is 1. The predicted molar refractivity (Wildman–Crippen MR) is 84.0 cm³/mol. The number of fused-ring (bicyclic) bond motifs is 1. The molecular formula is C16H16N2OS. The van der Waals surface area contributed by atoms with Gasteiger partial charge in [-0.25, -0.2) is 0 Å². The minimum absolute atomic E-state index is 0.0423. The molecule has 102 valence electrons. The average molecular weight is 284 g/mol. The first-order chi connectivity index (χ1) is 9.69. The van der Waals surface area contributed by atoms with Crippen molar-refractivity contribution >= 4 is 28.0 Å². The third-order valence-corrected chi connectivity index (χ3v) is 4.62. The van der Waals surface area contributed by atoms with Gasteiger partial charge in [-0.15, -0.1) is 11.3 Å². The van der Waals surface area contributed by atoms with Crippen LogP contribution in [0.1, 0.15) is 28.5 Å². The fourth-order valence-corrected chi connectivity index (χ4v) is 3.37. The van der Waals surface area contributed by atoms with Crippen LogP contribution in [0.4, 0.5) is 5.00 Å². The minimum Gasteiger partial charge on any atom is -0.316 e. The van der Waals surface area contributed by atoms with E-state index in [1.807, 2.05) is 12.1 Å². The smallest absolute Gasteiger partial charge is 0.246 e. The third kappa shape index (κ3) is 2.27. The number of hydrogen-bond acceptors (Lipinski definition) is 3. The number of anilines is 1. The van der Waals surface area contributed by atoms with E-state index in [0.717, 1.165) is 28.3 Å².